The van der Waals surface area contributed by atoms with Crippen LogP contribution in [0.15, 0.2) is 42.5 Å². The first-order valence-corrected chi connectivity index (χ1v) is 9.06. The lowest BCUT2D eigenvalue weighted by molar-refractivity contribution is 0.0876. The number of hydrazine groups is 1. The smallest absolute Gasteiger partial charge is 0.270 e. The average Bonchev–Trinajstić information content (AvgIpc) is 3.04. The maximum absolute atomic E-state index is 12.8. The first-order chi connectivity index (χ1) is 12.0. The second kappa shape index (κ2) is 7.16. The highest BCUT2D eigenvalue weighted by Gasteiger charge is 2.17. The molecule has 3 N–H and O–H groups in total. The molecule has 5 nitrogen and oxygen atoms in total. The number of carbonyl (C=O) groups excluding carboxylic acids is 1. The van der Waals surface area contributed by atoms with Gasteiger partial charge in [0.1, 0.15) is 0 Å². The number of pyridine rings is 1. The number of benzene rings is 1. The quantitative estimate of drug-likeness (QED) is 0.545. The number of rotatable bonds is 3. The zero-order chi connectivity index (χ0) is 18.0. The number of nitrogens with two attached hydrogens (primary N) is 1. The second-order valence-corrected chi connectivity index (χ2v) is 7.21. The van der Waals surface area contributed by atoms with Crippen molar-refractivity contribution in [2.75, 3.05) is 6.54 Å². The lowest BCUT2D eigenvalue weighted by atomic mass is 10.1. The van der Waals surface area contributed by atoms with E-state index in [2.05, 4.69) is 5.43 Å². The Hall–Kier alpha value is -2.51. The van der Waals surface area contributed by atoms with Crippen LogP contribution in [0, 0.1) is 6.92 Å². The third-order valence-electron chi connectivity index (χ3n) is 3.77. The van der Waals surface area contributed by atoms with E-state index in [1.165, 1.54) is 9.89 Å². The maximum atomic E-state index is 12.8. The van der Waals surface area contributed by atoms with Gasteiger partial charge in [0, 0.05) is 16.8 Å². The molecule has 0 saturated heterocycles. The fourth-order valence-electron chi connectivity index (χ4n) is 2.53. The molecule has 0 aliphatic heterocycles. The number of thiophene rings is 1. The number of aryl methyl sites for hydroxylation is 1. The van der Waals surface area contributed by atoms with Crippen molar-refractivity contribution < 1.29 is 4.79 Å². The van der Waals surface area contributed by atoms with Crippen molar-refractivity contribution >= 4 is 45.5 Å². The fourth-order valence-corrected chi connectivity index (χ4v) is 3.54. The topological polar surface area (TPSA) is 71.2 Å². The summed E-state index contributed by atoms with van der Waals surface area (Å²) in [6.07, 6.45) is 0. The minimum atomic E-state index is -0.261. The maximum Gasteiger partial charge on any atom is 0.270 e. The van der Waals surface area contributed by atoms with Crippen LogP contribution < -0.4 is 11.2 Å². The van der Waals surface area contributed by atoms with Crippen LogP contribution >= 0.6 is 23.6 Å². The van der Waals surface area contributed by atoms with Gasteiger partial charge < -0.3 is 5.73 Å². The van der Waals surface area contributed by atoms with Crippen LogP contribution in [0.4, 0.5) is 0 Å². The number of nitrogens with one attached hydrogen (secondary N) is 1. The molecule has 0 fully saturated rings. The standard InChI is InChI=1S/C18H18N4OS2/c1-3-22(18(19)24)21-17(23)13-10-15(16-9-8-11(2)25-16)20-14-7-5-4-6-12(13)14/h4-10H,3H2,1-2H3,(H2,19,24)(H,21,23). The summed E-state index contributed by atoms with van der Waals surface area (Å²) in [4.78, 5) is 19.8. The number of carbonyl (C=O) groups is 1. The summed E-state index contributed by atoms with van der Waals surface area (Å²) < 4.78 is 0. The van der Waals surface area contributed by atoms with Gasteiger partial charge in [-0.3, -0.25) is 15.2 Å². The van der Waals surface area contributed by atoms with Gasteiger partial charge in [0.2, 0.25) is 0 Å². The Labute approximate surface area is 155 Å². The molecular weight excluding hydrogens is 352 g/mol. The van der Waals surface area contributed by atoms with Crippen molar-refractivity contribution in [3.05, 3.63) is 52.9 Å². The molecule has 1 amide bonds. The van der Waals surface area contributed by atoms with Gasteiger partial charge in [-0.05, 0) is 50.3 Å². The molecule has 1 aromatic carbocycles. The first kappa shape index (κ1) is 17.3. The normalized spacial score (nSPS) is 10.6. The molecule has 2 aromatic heterocycles. The molecular formula is C18H18N4OS2. The van der Waals surface area contributed by atoms with Crippen LogP contribution in [0.25, 0.3) is 21.5 Å². The van der Waals surface area contributed by atoms with Gasteiger partial charge in [-0.1, -0.05) is 18.2 Å². The Kier molecular flexibility index (Phi) is 4.96. The number of hydrogen-bond acceptors (Lipinski definition) is 4. The van der Waals surface area contributed by atoms with E-state index in [-0.39, 0.29) is 11.0 Å². The molecule has 3 rings (SSSR count). The summed E-state index contributed by atoms with van der Waals surface area (Å²) in [5.74, 6) is -0.261. The molecule has 0 radical (unpaired) electrons. The van der Waals surface area contributed by atoms with Crippen LogP contribution in [-0.2, 0) is 0 Å². The largest absolute Gasteiger partial charge is 0.375 e. The van der Waals surface area contributed by atoms with Gasteiger partial charge in [-0.2, -0.15) is 0 Å². The van der Waals surface area contributed by atoms with Gasteiger partial charge in [0.05, 0.1) is 21.7 Å². The van der Waals surface area contributed by atoms with Crippen molar-refractivity contribution in [1.29, 1.82) is 0 Å². The van der Waals surface area contributed by atoms with E-state index in [9.17, 15) is 4.79 Å². The Balaban J connectivity index is 2.09. The number of hydrogen-bond donors (Lipinski definition) is 2. The van der Waals surface area contributed by atoms with Crippen LogP contribution in [0.2, 0.25) is 0 Å². The molecule has 0 saturated carbocycles. The van der Waals surface area contributed by atoms with Crippen molar-refractivity contribution in [3.63, 3.8) is 0 Å². The van der Waals surface area contributed by atoms with Crippen LogP contribution in [0.3, 0.4) is 0 Å². The molecule has 3 aromatic rings. The number of aromatic nitrogens is 1. The molecule has 0 aliphatic rings. The number of nitrogens with zero attached hydrogens (tertiary/aromatic N) is 2. The lowest BCUT2D eigenvalue weighted by Crippen LogP contribution is -2.48. The van der Waals surface area contributed by atoms with E-state index >= 15 is 0 Å². The van der Waals surface area contributed by atoms with E-state index in [1.54, 1.807) is 11.3 Å². The average molecular weight is 371 g/mol. The molecule has 128 valence electrons. The second-order valence-electron chi connectivity index (χ2n) is 5.51. The summed E-state index contributed by atoms with van der Waals surface area (Å²) in [6.45, 7) is 4.40. The molecule has 2 heterocycles. The van der Waals surface area contributed by atoms with Crippen molar-refractivity contribution in [2.45, 2.75) is 13.8 Å². The Bertz CT molecular complexity index is 951. The van der Waals surface area contributed by atoms with E-state index in [1.807, 2.05) is 56.3 Å². The Morgan fingerprint density at radius 2 is 2.08 bits per heavy atom. The summed E-state index contributed by atoms with van der Waals surface area (Å²) in [6, 6.07) is 13.5. The van der Waals surface area contributed by atoms with E-state index in [0.29, 0.717) is 12.1 Å². The number of fused-ring (bicyclic) bond motifs is 1. The lowest BCUT2D eigenvalue weighted by Gasteiger charge is -2.22. The molecule has 25 heavy (non-hydrogen) atoms. The summed E-state index contributed by atoms with van der Waals surface area (Å²) >= 11 is 6.61. The molecule has 0 aliphatic carbocycles. The molecule has 0 bridgehead atoms. The van der Waals surface area contributed by atoms with E-state index in [0.717, 1.165) is 21.5 Å². The molecule has 0 atom stereocenters. The number of amides is 1. The van der Waals surface area contributed by atoms with Gasteiger partial charge in [-0.15, -0.1) is 11.3 Å². The van der Waals surface area contributed by atoms with Crippen LogP contribution in [-0.4, -0.2) is 27.6 Å². The summed E-state index contributed by atoms with van der Waals surface area (Å²) in [5, 5.41) is 2.36. The Morgan fingerprint density at radius 1 is 1.32 bits per heavy atom. The van der Waals surface area contributed by atoms with Gasteiger partial charge in [0.25, 0.3) is 5.91 Å². The minimum absolute atomic E-state index is 0.128. The van der Waals surface area contributed by atoms with E-state index in [4.69, 9.17) is 22.9 Å². The highest BCUT2D eigenvalue weighted by atomic mass is 32.1. The van der Waals surface area contributed by atoms with Gasteiger partial charge >= 0.3 is 0 Å². The van der Waals surface area contributed by atoms with Crippen molar-refractivity contribution in [3.8, 4) is 10.6 Å². The highest BCUT2D eigenvalue weighted by molar-refractivity contribution is 7.80. The molecule has 7 heteroatoms. The van der Waals surface area contributed by atoms with Crippen molar-refractivity contribution in [2.24, 2.45) is 5.73 Å². The van der Waals surface area contributed by atoms with E-state index < -0.39 is 0 Å². The van der Waals surface area contributed by atoms with Gasteiger partial charge in [-0.25, -0.2) is 4.98 Å². The third kappa shape index (κ3) is 3.62. The first-order valence-electron chi connectivity index (χ1n) is 7.84. The highest BCUT2D eigenvalue weighted by Crippen LogP contribution is 2.29. The third-order valence-corrected chi connectivity index (χ3v) is 5.02. The SMILES string of the molecule is CCN(NC(=O)c1cc(-c2ccc(C)s2)nc2ccccc12)C(N)=S. The summed E-state index contributed by atoms with van der Waals surface area (Å²) in [5.41, 5.74) is 10.5. The zero-order valence-electron chi connectivity index (χ0n) is 13.9. The fraction of sp³-hybridized carbons (Fsp3) is 0.167. The zero-order valence-corrected chi connectivity index (χ0v) is 15.6. The molecule has 0 spiro atoms. The monoisotopic (exact) mass is 370 g/mol. The number of para-hydroxylation sites is 1. The van der Waals surface area contributed by atoms with Crippen LogP contribution in [0.1, 0.15) is 22.2 Å². The minimum Gasteiger partial charge on any atom is -0.375 e. The Morgan fingerprint density at radius 3 is 2.72 bits per heavy atom. The summed E-state index contributed by atoms with van der Waals surface area (Å²) in [7, 11) is 0. The van der Waals surface area contributed by atoms with Gasteiger partial charge in [0.15, 0.2) is 5.11 Å². The predicted molar refractivity (Wildman–Crippen MR) is 106 cm³/mol. The van der Waals surface area contributed by atoms with Crippen LogP contribution in [0.5, 0.6) is 0 Å². The number of thiocarbonyl (C=S) groups is 1. The molecule has 0 unspecified atom stereocenters. The van der Waals surface area contributed by atoms with Crippen molar-refractivity contribution in [1.82, 2.24) is 15.4 Å². The predicted octanol–water partition coefficient (Wildman–Crippen LogP) is 3.48.